The van der Waals surface area contributed by atoms with Gasteiger partial charge in [-0.25, -0.2) is 17.5 Å². The van der Waals surface area contributed by atoms with Crippen LogP contribution in [0, 0.1) is 5.82 Å². The van der Waals surface area contributed by atoms with E-state index in [4.69, 9.17) is 14.9 Å². The predicted octanol–water partition coefficient (Wildman–Crippen LogP) is 2.31. The van der Waals surface area contributed by atoms with Crippen LogP contribution in [0.5, 0.6) is 5.75 Å². The highest BCUT2D eigenvalue weighted by Gasteiger charge is 2.21. The Morgan fingerprint density at radius 2 is 1.95 bits per heavy atom. The molecule has 0 spiro atoms. The van der Waals surface area contributed by atoms with Crippen molar-refractivity contribution < 1.29 is 22.0 Å². The third kappa shape index (κ3) is 5.31. The summed E-state index contributed by atoms with van der Waals surface area (Å²) in [6.45, 7) is 4.23. The van der Waals surface area contributed by atoms with Crippen LogP contribution in [-0.4, -0.2) is 89.0 Å². The molecule has 210 valence electrons. The molecule has 0 amide bonds. The Morgan fingerprint density at radius 1 is 1.12 bits per heavy atom. The Morgan fingerprint density at radius 3 is 2.67 bits per heavy atom. The van der Waals surface area contributed by atoms with Crippen LogP contribution in [0.3, 0.4) is 0 Å². The molecule has 5 heterocycles. The summed E-state index contributed by atoms with van der Waals surface area (Å²) in [7, 11) is -3.14. The lowest BCUT2D eigenvalue weighted by Gasteiger charge is -2.36. The van der Waals surface area contributed by atoms with Crippen LogP contribution >= 0.6 is 0 Å². The van der Waals surface area contributed by atoms with Crippen molar-refractivity contribution in [1.82, 2.24) is 29.3 Å². The zero-order valence-electron chi connectivity index (χ0n) is 21.9. The maximum Gasteiger partial charge on any atom is 0.223 e. The van der Waals surface area contributed by atoms with Crippen molar-refractivity contribution >= 4 is 38.0 Å². The average molecular weight is 569 g/mol. The van der Waals surface area contributed by atoms with E-state index in [1.54, 1.807) is 29.1 Å². The highest BCUT2D eigenvalue weighted by Crippen LogP contribution is 2.27. The van der Waals surface area contributed by atoms with Crippen LogP contribution in [-0.2, 0) is 16.4 Å². The third-order valence-electron chi connectivity index (χ3n) is 6.99. The summed E-state index contributed by atoms with van der Waals surface area (Å²) in [6.07, 6.45) is 4.52. The maximum absolute atomic E-state index is 14.8. The molecule has 1 aromatic carbocycles. The first-order valence-corrected chi connectivity index (χ1v) is 14.9. The van der Waals surface area contributed by atoms with Crippen LogP contribution in [0.15, 0.2) is 53.3 Å². The van der Waals surface area contributed by atoms with Gasteiger partial charge in [0.2, 0.25) is 5.95 Å². The molecule has 12 nitrogen and oxygen atoms in total. The summed E-state index contributed by atoms with van der Waals surface area (Å²) in [4.78, 5) is 8.87. The van der Waals surface area contributed by atoms with Crippen molar-refractivity contribution in [1.29, 1.82) is 0 Å². The molecule has 0 radical (unpaired) electrons. The molecule has 0 bridgehead atoms. The number of rotatable bonds is 9. The van der Waals surface area contributed by atoms with E-state index < -0.39 is 15.7 Å². The molecule has 1 saturated heterocycles. The van der Waals surface area contributed by atoms with Gasteiger partial charge >= 0.3 is 0 Å². The van der Waals surface area contributed by atoms with Crippen molar-refractivity contribution in [2.45, 2.75) is 6.54 Å². The normalized spacial score (nSPS) is 14.9. The number of halogens is 1. The summed E-state index contributed by atoms with van der Waals surface area (Å²) in [6, 6.07) is 10.2. The highest BCUT2D eigenvalue weighted by molar-refractivity contribution is 7.90. The van der Waals surface area contributed by atoms with Gasteiger partial charge in [-0.15, -0.1) is 0 Å². The first-order chi connectivity index (χ1) is 19.2. The fourth-order valence-electron chi connectivity index (χ4n) is 4.88. The number of furan rings is 1. The van der Waals surface area contributed by atoms with Crippen LogP contribution in [0.25, 0.3) is 28.0 Å². The fourth-order valence-corrected chi connectivity index (χ4v) is 5.27. The van der Waals surface area contributed by atoms with E-state index in [9.17, 15) is 12.8 Å². The Balaban J connectivity index is 1.07. The van der Waals surface area contributed by atoms with Gasteiger partial charge in [0.25, 0.3) is 0 Å². The van der Waals surface area contributed by atoms with E-state index in [-0.39, 0.29) is 18.3 Å². The van der Waals surface area contributed by atoms with Crippen LogP contribution in [0.4, 0.5) is 16.0 Å². The van der Waals surface area contributed by atoms with Crippen molar-refractivity contribution in [2.24, 2.45) is 0 Å². The first kappa shape index (κ1) is 26.1. The van der Waals surface area contributed by atoms with Gasteiger partial charge in [0, 0.05) is 45.0 Å². The molecule has 0 unspecified atom stereocenters. The Bertz CT molecular complexity index is 1760. The van der Waals surface area contributed by atoms with Crippen molar-refractivity contribution in [3.8, 4) is 17.2 Å². The van der Waals surface area contributed by atoms with Crippen LogP contribution in [0.1, 0.15) is 0 Å². The molecule has 0 atom stereocenters. The molecule has 0 aliphatic carbocycles. The maximum atomic E-state index is 14.8. The summed E-state index contributed by atoms with van der Waals surface area (Å²) in [5, 5.41) is 9.94. The average Bonchev–Trinajstić information content (AvgIpc) is 3.67. The van der Waals surface area contributed by atoms with Gasteiger partial charge in [-0.3, -0.25) is 4.90 Å². The van der Waals surface area contributed by atoms with E-state index in [0.717, 1.165) is 36.8 Å². The van der Waals surface area contributed by atoms with Crippen molar-refractivity contribution in [2.75, 3.05) is 62.0 Å². The lowest BCUT2D eigenvalue weighted by molar-refractivity contribution is 0.245. The standard InChI is InChI=1S/C26H29FN8O4S/c1-40(36,37)14-13-38-18-4-5-22(20(27)15-18)33-9-6-32(7-10-33)8-11-34-25-19(17-29-34)23-16-21(24-3-2-12-39-24)31-35(23)26(28)30-25/h2-5,12,15-17H,6-11,13-14H2,1H3,(H2,28,30). The summed E-state index contributed by atoms with van der Waals surface area (Å²) in [5.41, 5.74) is 8.90. The number of sulfone groups is 1. The first-order valence-electron chi connectivity index (χ1n) is 12.9. The lowest BCUT2D eigenvalue weighted by Crippen LogP contribution is -2.47. The fraction of sp³-hybridized carbons (Fsp3) is 0.346. The second kappa shape index (κ2) is 10.4. The summed E-state index contributed by atoms with van der Waals surface area (Å²) < 4.78 is 51.6. The number of nitrogens with two attached hydrogens (primary N) is 1. The molecular formula is C26H29FN8O4S. The number of piperazine rings is 1. The lowest BCUT2D eigenvalue weighted by atomic mass is 10.2. The second-order valence-electron chi connectivity index (χ2n) is 9.80. The quantitative estimate of drug-likeness (QED) is 0.282. The van der Waals surface area contributed by atoms with Gasteiger partial charge in [0.15, 0.2) is 21.2 Å². The molecular weight excluding hydrogens is 539 g/mol. The number of fused-ring (bicyclic) bond motifs is 3. The van der Waals surface area contributed by atoms with Crippen molar-refractivity contribution in [3.63, 3.8) is 0 Å². The number of hydrogen-bond donors (Lipinski definition) is 1. The van der Waals surface area contributed by atoms with Gasteiger partial charge in [-0.1, -0.05) is 0 Å². The third-order valence-corrected chi connectivity index (χ3v) is 7.90. The second-order valence-corrected chi connectivity index (χ2v) is 12.1. The number of benzene rings is 1. The monoisotopic (exact) mass is 568 g/mol. The minimum atomic E-state index is -3.14. The number of ether oxygens (including phenoxy) is 1. The van der Waals surface area contributed by atoms with E-state index >= 15 is 0 Å². The molecule has 5 aromatic rings. The van der Waals surface area contributed by atoms with Gasteiger partial charge in [-0.05, 0) is 30.3 Å². The molecule has 1 fully saturated rings. The molecule has 6 rings (SSSR count). The minimum absolute atomic E-state index is 0.0106. The molecule has 1 aliphatic rings. The Hall–Kier alpha value is -4.17. The molecule has 2 N–H and O–H groups in total. The number of aromatic nitrogens is 5. The predicted molar refractivity (Wildman–Crippen MR) is 149 cm³/mol. The largest absolute Gasteiger partial charge is 0.492 e. The molecule has 4 aromatic heterocycles. The van der Waals surface area contributed by atoms with Crippen LogP contribution in [0.2, 0.25) is 0 Å². The van der Waals surface area contributed by atoms with Gasteiger partial charge < -0.3 is 19.8 Å². The van der Waals surface area contributed by atoms with Crippen LogP contribution < -0.4 is 15.4 Å². The SMILES string of the molecule is CS(=O)(=O)CCOc1ccc(N2CCN(CCn3ncc4c3nc(N)n3nc(-c5ccco5)cc43)CC2)c(F)c1. The Kier molecular flexibility index (Phi) is 6.80. The molecule has 0 saturated carbocycles. The molecule has 14 heteroatoms. The topological polar surface area (TPSA) is 137 Å². The van der Waals surface area contributed by atoms with E-state index in [2.05, 4.69) is 20.1 Å². The Labute approximate surface area is 229 Å². The number of nitrogen functional groups attached to an aromatic ring is 1. The zero-order valence-corrected chi connectivity index (χ0v) is 22.7. The van der Waals surface area contributed by atoms with Gasteiger partial charge in [-0.2, -0.15) is 19.7 Å². The van der Waals surface area contributed by atoms with Crippen molar-refractivity contribution in [3.05, 3.63) is 54.7 Å². The smallest absolute Gasteiger partial charge is 0.223 e. The van der Waals surface area contributed by atoms with E-state index in [1.807, 2.05) is 27.8 Å². The summed E-state index contributed by atoms with van der Waals surface area (Å²) in [5.74, 6) is 0.727. The number of nitrogens with zero attached hydrogens (tertiary/aromatic N) is 7. The highest BCUT2D eigenvalue weighted by atomic mass is 32.2. The summed E-state index contributed by atoms with van der Waals surface area (Å²) >= 11 is 0. The van der Waals surface area contributed by atoms with Gasteiger partial charge in [0.05, 0.1) is 41.3 Å². The number of hydrogen-bond acceptors (Lipinski definition) is 10. The molecule has 40 heavy (non-hydrogen) atoms. The minimum Gasteiger partial charge on any atom is -0.492 e. The molecule has 1 aliphatic heterocycles. The zero-order chi connectivity index (χ0) is 27.9. The van der Waals surface area contributed by atoms with E-state index in [0.29, 0.717) is 48.2 Å². The van der Waals surface area contributed by atoms with E-state index in [1.165, 1.54) is 6.07 Å². The van der Waals surface area contributed by atoms with Gasteiger partial charge in [0.1, 0.15) is 23.9 Å². The number of anilines is 2.